The van der Waals surface area contributed by atoms with Gasteiger partial charge in [-0.1, -0.05) is 24.3 Å². The fraction of sp³-hybridized carbons (Fsp3) is 0.0625. The predicted octanol–water partition coefficient (Wildman–Crippen LogP) is 3.78. The van der Waals surface area contributed by atoms with Gasteiger partial charge in [-0.2, -0.15) is 0 Å². The van der Waals surface area contributed by atoms with Crippen LogP contribution in [0.25, 0.3) is 10.9 Å². The predicted molar refractivity (Wildman–Crippen MR) is 72.8 cm³/mol. The first-order chi connectivity index (χ1) is 9.69. The molecule has 2 aromatic carbocycles. The lowest BCUT2D eigenvalue weighted by molar-refractivity contribution is 0.112. The standard InChI is InChI=1S/C16H11F2NO/c17-14-3-1-2-13(16(14)18)9-19-7-6-12-5-4-11(10-20)8-15(12)19/h1-8,10H,9H2. The summed E-state index contributed by atoms with van der Waals surface area (Å²) < 4.78 is 28.7. The molecule has 0 aliphatic carbocycles. The Balaban J connectivity index is 2.06. The molecule has 0 fully saturated rings. The van der Waals surface area contributed by atoms with E-state index in [0.29, 0.717) is 5.56 Å². The number of hydrogen-bond donors (Lipinski definition) is 0. The Morgan fingerprint density at radius 2 is 1.95 bits per heavy atom. The number of benzene rings is 2. The number of aldehydes is 1. The van der Waals surface area contributed by atoms with E-state index in [1.54, 1.807) is 29.0 Å². The van der Waals surface area contributed by atoms with Gasteiger partial charge in [0, 0.05) is 22.8 Å². The lowest BCUT2D eigenvalue weighted by Crippen LogP contribution is -2.02. The SMILES string of the molecule is O=Cc1ccc2ccn(Cc3cccc(F)c3F)c2c1. The summed E-state index contributed by atoms with van der Waals surface area (Å²) in [7, 11) is 0. The average Bonchev–Trinajstić information content (AvgIpc) is 2.86. The second-order valence-electron chi connectivity index (χ2n) is 4.59. The van der Waals surface area contributed by atoms with Crippen molar-refractivity contribution in [2.45, 2.75) is 6.54 Å². The van der Waals surface area contributed by atoms with Crippen LogP contribution in [0.3, 0.4) is 0 Å². The van der Waals surface area contributed by atoms with Crippen molar-refractivity contribution in [3.8, 4) is 0 Å². The van der Waals surface area contributed by atoms with E-state index in [2.05, 4.69) is 0 Å². The molecule has 0 bridgehead atoms. The highest BCUT2D eigenvalue weighted by Gasteiger charge is 2.09. The maximum absolute atomic E-state index is 13.7. The number of halogens is 2. The van der Waals surface area contributed by atoms with Crippen LogP contribution in [-0.4, -0.2) is 10.9 Å². The third-order valence-corrected chi connectivity index (χ3v) is 3.31. The quantitative estimate of drug-likeness (QED) is 0.664. The van der Waals surface area contributed by atoms with Gasteiger partial charge in [0.2, 0.25) is 0 Å². The third kappa shape index (κ3) is 2.09. The van der Waals surface area contributed by atoms with Crippen LogP contribution in [0.2, 0.25) is 0 Å². The van der Waals surface area contributed by atoms with Gasteiger partial charge >= 0.3 is 0 Å². The number of rotatable bonds is 3. The van der Waals surface area contributed by atoms with Crippen LogP contribution in [-0.2, 0) is 6.54 Å². The summed E-state index contributed by atoms with van der Waals surface area (Å²) in [5.41, 5.74) is 1.65. The second kappa shape index (κ2) is 4.89. The summed E-state index contributed by atoms with van der Waals surface area (Å²) >= 11 is 0. The molecule has 0 atom stereocenters. The first-order valence-corrected chi connectivity index (χ1v) is 6.16. The topological polar surface area (TPSA) is 22.0 Å². The van der Waals surface area contributed by atoms with Crippen molar-refractivity contribution in [3.05, 3.63) is 71.4 Å². The molecule has 0 N–H and O–H groups in total. The number of fused-ring (bicyclic) bond motifs is 1. The van der Waals surface area contributed by atoms with Crippen molar-refractivity contribution in [2.75, 3.05) is 0 Å². The molecule has 0 aliphatic rings. The van der Waals surface area contributed by atoms with Crippen LogP contribution >= 0.6 is 0 Å². The van der Waals surface area contributed by atoms with Gasteiger partial charge in [-0.25, -0.2) is 8.78 Å². The van der Waals surface area contributed by atoms with Crippen molar-refractivity contribution in [2.24, 2.45) is 0 Å². The van der Waals surface area contributed by atoms with Crippen molar-refractivity contribution in [1.29, 1.82) is 0 Å². The highest BCUT2D eigenvalue weighted by molar-refractivity contribution is 5.87. The first-order valence-electron chi connectivity index (χ1n) is 6.16. The van der Waals surface area contributed by atoms with Gasteiger partial charge in [0.25, 0.3) is 0 Å². The van der Waals surface area contributed by atoms with Gasteiger partial charge in [-0.15, -0.1) is 0 Å². The minimum absolute atomic E-state index is 0.218. The Morgan fingerprint density at radius 1 is 1.10 bits per heavy atom. The molecule has 20 heavy (non-hydrogen) atoms. The number of nitrogens with zero attached hydrogens (tertiary/aromatic N) is 1. The molecule has 4 heteroatoms. The minimum atomic E-state index is -0.854. The van der Waals surface area contributed by atoms with Crippen molar-refractivity contribution < 1.29 is 13.6 Å². The van der Waals surface area contributed by atoms with Crippen LogP contribution in [0.1, 0.15) is 15.9 Å². The monoisotopic (exact) mass is 271 g/mol. The van der Waals surface area contributed by atoms with Gasteiger partial charge in [0.05, 0.1) is 6.54 Å². The van der Waals surface area contributed by atoms with E-state index < -0.39 is 11.6 Å². The molecule has 2 nitrogen and oxygen atoms in total. The summed E-state index contributed by atoms with van der Waals surface area (Å²) in [4.78, 5) is 10.8. The van der Waals surface area contributed by atoms with Crippen LogP contribution in [0.5, 0.6) is 0 Å². The fourth-order valence-electron chi connectivity index (χ4n) is 2.27. The summed E-state index contributed by atoms with van der Waals surface area (Å²) in [5, 5.41) is 0.951. The zero-order valence-electron chi connectivity index (χ0n) is 10.5. The molecule has 0 aliphatic heterocycles. The van der Waals surface area contributed by atoms with Crippen molar-refractivity contribution in [3.63, 3.8) is 0 Å². The lowest BCUT2D eigenvalue weighted by Gasteiger charge is -2.07. The molecule has 1 aromatic heterocycles. The Hall–Kier alpha value is -2.49. The van der Waals surface area contributed by atoms with Gasteiger partial charge < -0.3 is 4.57 Å². The Labute approximate surface area is 114 Å². The zero-order chi connectivity index (χ0) is 14.1. The third-order valence-electron chi connectivity index (χ3n) is 3.31. The van der Waals surface area contributed by atoms with E-state index in [9.17, 15) is 13.6 Å². The number of aromatic nitrogens is 1. The Bertz CT molecular complexity index is 792. The van der Waals surface area contributed by atoms with Gasteiger partial charge in [-0.05, 0) is 23.6 Å². The molecular formula is C16H11F2NO. The number of carbonyl (C=O) groups is 1. The largest absolute Gasteiger partial charge is 0.343 e. The molecule has 3 aromatic rings. The van der Waals surface area contributed by atoms with Crippen molar-refractivity contribution in [1.82, 2.24) is 4.57 Å². The molecular weight excluding hydrogens is 260 g/mol. The van der Waals surface area contributed by atoms with Crippen molar-refractivity contribution >= 4 is 17.2 Å². The maximum atomic E-state index is 13.7. The molecule has 0 unspecified atom stereocenters. The Morgan fingerprint density at radius 3 is 2.75 bits per heavy atom. The van der Waals surface area contributed by atoms with Crippen LogP contribution in [0.15, 0.2) is 48.7 Å². The van der Waals surface area contributed by atoms with Crippen LogP contribution in [0.4, 0.5) is 8.78 Å². The Kier molecular flexibility index (Phi) is 3.06. The smallest absolute Gasteiger partial charge is 0.163 e. The summed E-state index contributed by atoms with van der Waals surface area (Å²) in [5.74, 6) is -1.69. The number of hydrogen-bond acceptors (Lipinski definition) is 1. The van der Waals surface area contributed by atoms with Crippen LogP contribution in [0, 0.1) is 11.6 Å². The normalized spacial score (nSPS) is 10.9. The van der Waals surface area contributed by atoms with Gasteiger partial charge in [-0.3, -0.25) is 4.79 Å². The lowest BCUT2D eigenvalue weighted by atomic mass is 10.1. The van der Waals surface area contributed by atoms with E-state index in [0.717, 1.165) is 23.3 Å². The maximum Gasteiger partial charge on any atom is 0.163 e. The van der Waals surface area contributed by atoms with E-state index >= 15 is 0 Å². The zero-order valence-corrected chi connectivity index (χ0v) is 10.5. The molecule has 0 amide bonds. The van der Waals surface area contributed by atoms with E-state index in [4.69, 9.17) is 0 Å². The summed E-state index contributed by atoms with van der Waals surface area (Å²) in [6, 6.07) is 11.3. The number of carbonyl (C=O) groups excluding carboxylic acids is 1. The molecule has 0 saturated heterocycles. The molecule has 1 heterocycles. The van der Waals surface area contributed by atoms with Crippen LogP contribution < -0.4 is 0 Å². The highest BCUT2D eigenvalue weighted by atomic mass is 19.2. The highest BCUT2D eigenvalue weighted by Crippen LogP contribution is 2.20. The minimum Gasteiger partial charge on any atom is -0.343 e. The van der Waals surface area contributed by atoms with Gasteiger partial charge in [0.15, 0.2) is 11.6 Å². The molecule has 0 spiro atoms. The van der Waals surface area contributed by atoms with E-state index in [1.165, 1.54) is 6.07 Å². The molecule has 3 rings (SSSR count). The molecule has 100 valence electrons. The van der Waals surface area contributed by atoms with E-state index in [-0.39, 0.29) is 12.1 Å². The average molecular weight is 271 g/mol. The molecule has 0 saturated carbocycles. The van der Waals surface area contributed by atoms with E-state index in [1.807, 2.05) is 12.1 Å². The van der Waals surface area contributed by atoms with Gasteiger partial charge in [0.1, 0.15) is 6.29 Å². The summed E-state index contributed by atoms with van der Waals surface area (Å²) in [6.45, 7) is 0.218. The second-order valence-corrected chi connectivity index (χ2v) is 4.59. The first kappa shape index (κ1) is 12.5. The fourth-order valence-corrected chi connectivity index (χ4v) is 2.27. The molecule has 0 radical (unpaired) electrons. The summed E-state index contributed by atoms with van der Waals surface area (Å²) in [6.07, 6.45) is 2.56.